The van der Waals surface area contributed by atoms with Gasteiger partial charge in [-0.15, -0.1) is 0 Å². The Balaban J connectivity index is 1.81. The molecule has 3 rings (SSSR count). The third-order valence-corrected chi connectivity index (χ3v) is 7.11. The first-order chi connectivity index (χ1) is 13.1. The summed E-state index contributed by atoms with van der Waals surface area (Å²) in [5.74, 6) is -1.59. The smallest absolute Gasteiger partial charge is 0.325 e. The monoisotopic (exact) mass is 409 g/mol. The van der Waals surface area contributed by atoms with E-state index in [1.807, 2.05) is 0 Å². The van der Waals surface area contributed by atoms with Gasteiger partial charge in [0.05, 0.1) is 16.3 Å². The van der Waals surface area contributed by atoms with Crippen molar-refractivity contribution < 1.29 is 27.9 Å². The summed E-state index contributed by atoms with van der Waals surface area (Å²) in [6.07, 6.45) is 2.74. The van der Waals surface area contributed by atoms with Crippen molar-refractivity contribution in [3.05, 3.63) is 18.2 Å². The number of benzene rings is 1. The Kier molecular flexibility index (Phi) is 5.09. The summed E-state index contributed by atoms with van der Waals surface area (Å²) in [6, 6.07) is 1.82. The molecule has 2 aliphatic rings. The number of phenolic OH excluding ortho intramolecular Hbond substituents is 1. The van der Waals surface area contributed by atoms with E-state index in [1.165, 1.54) is 26.0 Å². The summed E-state index contributed by atoms with van der Waals surface area (Å²) in [6.45, 7) is 2.89. The van der Waals surface area contributed by atoms with E-state index in [0.717, 1.165) is 23.8 Å². The number of aromatic hydroxyl groups is 1. The summed E-state index contributed by atoms with van der Waals surface area (Å²) in [4.78, 5) is 38.6. The highest BCUT2D eigenvalue weighted by Crippen LogP contribution is 2.36. The third kappa shape index (κ3) is 3.32. The molecule has 1 aromatic rings. The first kappa shape index (κ1) is 20.1. The van der Waals surface area contributed by atoms with Gasteiger partial charge in [0, 0.05) is 0 Å². The highest BCUT2D eigenvalue weighted by molar-refractivity contribution is 7.91. The molecule has 10 heteroatoms. The first-order valence-corrected chi connectivity index (χ1v) is 10.8. The van der Waals surface area contributed by atoms with Gasteiger partial charge in [0.1, 0.15) is 17.3 Å². The molecule has 28 heavy (non-hydrogen) atoms. The van der Waals surface area contributed by atoms with Crippen LogP contribution < -0.4 is 10.6 Å². The summed E-state index contributed by atoms with van der Waals surface area (Å²) >= 11 is 0. The van der Waals surface area contributed by atoms with Crippen molar-refractivity contribution in [1.82, 2.24) is 10.2 Å². The van der Waals surface area contributed by atoms with Crippen LogP contribution in [-0.4, -0.2) is 53.6 Å². The van der Waals surface area contributed by atoms with Gasteiger partial charge in [-0.2, -0.15) is 0 Å². The number of carbonyl (C=O) groups excluding carboxylic acids is 3. The van der Waals surface area contributed by atoms with Gasteiger partial charge >= 0.3 is 6.03 Å². The zero-order chi connectivity index (χ0) is 20.7. The molecular weight excluding hydrogens is 386 g/mol. The molecule has 1 aromatic carbocycles. The number of phenols is 1. The zero-order valence-electron chi connectivity index (χ0n) is 15.7. The number of anilines is 1. The van der Waals surface area contributed by atoms with Crippen LogP contribution in [0.2, 0.25) is 0 Å². The predicted octanol–water partition coefficient (Wildman–Crippen LogP) is 1.38. The molecule has 3 N–H and O–H groups in total. The third-order valence-electron chi connectivity index (χ3n) is 5.38. The van der Waals surface area contributed by atoms with E-state index in [9.17, 15) is 27.9 Å². The fourth-order valence-corrected chi connectivity index (χ4v) is 4.55. The van der Waals surface area contributed by atoms with Gasteiger partial charge in [-0.25, -0.2) is 18.1 Å². The zero-order valence-corrected chi connectivity index (χ0v) is 16.5. The second-order valence-electron chi connectivity index (χ2n) is 7.14. The van der Waals surface area contributed by atoms with E-state index < -0.39 is 39.3 Å². The highest BCUT2D eigenvalue weighted by Gasteiger charge is 2.54. The lowest BCUT2D eigenvalue weighted by molar-refractivity contribution is -0.136. The Bertz CT molecular complexity index is 937. The van der Waals surface area contributed by atoms with E-state index in [2.05, 4.69) is 10.6 Å². The Morgan fingerprint density at radius 2 is 1.96 bits per heavy atom. The topological polar surface area (TPSA) is 133 Å². The predicted molar refractivity (Wildman–Crippen MR) is 101 cm³/mol. The molecule has 0 aromatic heterocycles. The molecule has 1 saturated heterocycles. The van der Waals surface area contributed by atoms with Crippen LogP contribution in [0.25, 0.3) is 0 Å². The second kappa shape index (κ2) is 7.08. The van der Waals surface area contributed by atoms with E-state index >= 15 is 0 Å². The van der Waals surface area contributed by atoms with Crippen molar-refractivity contribution in [1.29, 1.82) is 0 Å². The molecule has 0 radical (unpaired) electrons. The van der Waals surface area contributed by atoms with Crippen LogP contribution in [0, 0.1) is 0 Å². The second-order valence-corrected chi connectivity index (χ2v) is 9.42. The van der Waals surface area contributed by atoms with Gasteiger partial charge in [-0.05, 0) is 38.0 Å². The summed E-state index contributed by atoms with van der Waals surface area (Å²) in [7, 11) is -3.53. The Morgan fingerprint density at radius 3 is 2.57 bits per heavy atom. The number of hydrogen-bond donors (Lipinski definition) is 3. The quantitative estimate of drug-likeness (QED) is 0.497. The number of imide groups is 1. The van der Waals surface area contributed by atoms with Crippen molar-refractivity contribution >= 4 is 33.4 Å². The molecule has 1 saturated carbocycles. The van der Waals surface area contributed by atoms with Gasteiger partial charge in [0.2, 0.25) is 5.91 Å². The van der Waals surface area contributed by atoms with Crippen molar-refractivity contribution in [2.24, 2.45) is 0 Å². The Morgan fingerprint density at radius 1 is 1.32 bits per heavy atom. The van der Waals surface area contributed by atoms with E-state index in [1.54, 1.807) is 0 Å². The number of hydrogen-bond acceptors (Lipinski definition) is 6. The maximum atomic E-state index is 12.8. The average molecular weight is 409 g/mol. The summed E-state index contributed by atoms with van der Waals surface area (Å²) in [5.41, 5.74) is -1.03. The van der Waals surface area contributed by atoms with E-state index in [-0.39, 0.29) is 22.1 Å². The van der Waals surface area contributed by atoms with Crippen LogP contribution in [0.15, 0.2) is 23.1 Å². The van der Waals surface area contributed by atoms with Crippen LogP contribution >= 0.6 is 0 Å². The van der Waals surface area contributed by atoms with Gasteiger partial charge < -0.3 is 15.7 Å². The molecule has 9 nitrogen and oxygen atoms in total. The Labute approximate surface area is 163 Å². The average Bonchev–Trinajstić information content (AvgIpc) is 3.21. The molecule has 0 bridgehead atoms. The lowest BCUT2D eigenvalue weighted by Crippen LogP contribution is -2.48. The van der Waals surface area contributed by atoms with Crippen LogP contribution in [0.5, 0.6) is 5.75 Å². The van der Waals surface area contributed by atoms with Crippen molar-refractivity contribution in [2.45, 2.75) is 56.0 Å². The number of nitrogens with zero attached hydrogens (tertiary/aromatic N) is 1. The molecule has 152 valence electrons. The number of carbonyl (C=O) groups is 3. The fraction of sp³-hybridized carbons (Fsp3) is 0.500. The van der Waals surface area contributed by atoms with E-state index in [4.69, 9.17) is 0 Å². The Hall–Kier alpha value is -2.62. The lowest BCUT2D eigenvalue weighted by Gasteiger charge is -2.23. The molecule has 4 amide bonds. The van der Waals surface area contributed by atoms with Gasteiger partial charge in [-0.3, -0.25) is 9.59 Å². The molecule has 1 aliphatic carbocycles. The first-order valence-electron chi connectivity index (χ1n) is 9.14. The molecule has 1 spiro atoms. The molecule has 2 fully saturated rings. The number of amides is 4. The van der Waals surface area contributed by atoms with Gasteiger partial charge in [-0.1, -0.05) is 19.8 Å². The number of rotatable bonds is 5. The van der Waals surface area contributed by atoms with Crippen LogP contribution in [0.4, 0.5) is 10.5 Å². The summed E-state index contributed by atoms with van der Waals surface area (Å²) in [5, 5.41) is 15.1. The molecule has 1 unspecified atom stereocenters. The molecular formula is C18H23N3O6S. The fourth-order valence-electron chi connectivity index (χ4n) is 3.64. The normalized spacial score (nSPS) is 19.7. The van der Waals surface area contributed by atoms with Crippen molar-refractivity contribution in [3.63, 3.8) is 0 Å². The standard InChI is InChI=1S/C18H23N3O6S/c1-3-28(26,27)12-6-7-14(22)13(10-12)19-15(23)11(2)21-16(24)18(20-17(21)25)8-4-5-9-18/h6-7,10-11,22H,3-5,8-9H2,1-2H3,(H,19,23)(H,20,25). The lowest BCUT2D eigenvalue weighted by atomic mass is 9.97. The van der Waals surface area contributed by atoms with Crippen LogP contribution in [0.1, 0.15) is 39.5 Å². The highest BCUT2D eigenvalue weighted by atomic mass is 32.2. The van der Waals surface area contributed by atoms with Crippen molar-refractivity contribution in [3.8, 4) is 5.75 Å². The van der Waals surface area contributed by atoms with Crippen LogP contribution in [-0.2, 0) is 19.4 Å². The van der Waals surface area contributed by atoms with Gasteiger partial charge in [0.15, 0.2) is 9.84 Å². The molecule has 1 atom stereocenters. The maximum Gasteiger partial charge on any atom is 0.325 e. The summed E-state index contributed by atoms with van der Waals surface area (Å²) < 4.78 is 24.0. The number of sulfone groups is 1. The maximum absolute atomic E-state index is 12.8. The van der Waals surface area contributed by atoms with Crippen LogP contribution in [0.3, 0.4) is 0 Å². The van der Waals surface area contributed by atoms with Gasteiger partial charge in [0.25, 0.3) is 5.91 Å². The largest absolute Gasteiger partial charge is 0.506 e. The SMILES string of the molecule is CCS(=O)(=O)c1ccc(O)c(NC(=O)C(C)N2C(=O)NC3(CCCC3)C2=O)c1. The number of nitrogens with one attached hydrogen (secondary N) is 2. The molecule has 1 aliphatic heterocycles. The minimum atomic E-state index is -3.53. The van der Waals surface area contributed by atoms with E-state index in [0.29, 0.717) is 12.8 Å². The minimum absolute atomic E-state index is 0.0457. The van der Waals surface area contributed by atoms with Crippen molar-refractivity contribution in [2.75, 3.05) is 11.1 Å². The minimum Gasteiger partial charge on any atom is -0.506 e. The molecule has 1 heterocycles. The number of urea groups is 1.